The third kappa shape index (κ3) is 4.62. The minimum absolute atomic E-state index is 0.296. The van der Waals surface area contributed by atoms with Gasteiger partial charge in [-0.1, -0.05) is 0 Å². The fraction of sp³-hybridized carbons (Fsp3) is 0.300. The molecule has 3 aromatic rings. The number of rotatable bonds is 5. The Morgan fingerprint density at radius 2 is 1.96 bits per heavy atom. The molecule has 1 saturated heterocycles. The van der Waals surface area contributed by atoms with Crippen LogP contribution in [-0.2, 0) is 6.54 Å². The molecular weight excluding hydrogens is 343 g/mol. The quantitative estimate of drug-likeness (QED) is 0.747. The van der Waals surface area contributed by atoms with Gasteiger partial charge in [-0.2, -0.15) is 0 Å². The average Bonchev–Trinajstić information content (AvgIpc) is 2.71. The lowest BCUT2D eigenvalue weighted by molar-refractivity contribution is 0.198. The van der Waals surface area contributed by atoms with Gasteiger partial charge in [0.1, 0.15) is 17.5 Å². The zero-order chi connectivity index (χ0) is 18.5. The van der Waals surface area contributed by atoms with Gasteiger partial charge in [-0.15, -0.1) is 0 Å². The Labute approximate surface area is 157 Å². The molecule has 0 aliphatic carbocycles. The second kappa shape index (κ2) is 8.18. The minimum Gasteiger partial charge on any atom is -0.324 e. The van der Waals surface area contributed by atoms with Crippen LogP contribution in [0.2, 0.25) is 0 Å². The average molecular weight is 364 g/mol. The van der Waals surface area contributed by atoms with Crippen LogP contribution in [0, 0.1) is 5.82 Å². The Balaban J connectivity index is 1.43. The van der Waals surface area contributed by atoms with E-state index < -0.39 is 0 Å². The Bertz CT molecular complexity index is 871. The predicted molar refractivity (Wildman–Crippen MR) is 101 cm³/mol. The van der Waals surface area contributed by atoms with Crippen LogP contribution in [0.5, 0.6) is 0 Å². The van der Waals surface area contributed by atoms with Crippen LogP contribution >= 0.6 is 0 Å². The largest absolute Gasteiger partial charge is 0.324 e. The standard InChI is InChI=1S/C20H21FN6/c21-17-3-4-18(25-11-17)14-27-9-1-2-16(13-27)15-5-6-23-19(10-15)26-20-12-22-7-8-24-20/h3-8,10-12,16H,1-2,9,13-14H2,(H,23,24,26). The van der Waals surface area contributed by atoms with Gasteiger partial charge < -0.3 is 5.32 Å². The third-order valence-electron chi connectivity index (χ3n) is 4.75. The van der Waals surface area contributed by atoms with Crippen LogP contribution in [0.4, 0.5) is 16.0 Å². The van der Waals surface area contributed by atoms with E-state index in [4.69, 9.17) is 0 Å². The maximum absolute atomic E-state index is 13.0. The van der Waals surface area contributed by atoms with Gasteiger partial charge in [-0.3, -0.25) is 14.9 Å². The van der Waals surface area contributed by atoms with Crippen molar-refractivity contribution in [3.63, 3.8) is 0 Å². The number of likely N-dealkylation sites (tertiary alicyclic amines) is 1. The van der Waals surface area contributed by atoms with Gasteiger partial charge in [-0.25, -0.2) is 14.4 Å². The second-order valence-corrected chi connectivity index (χ2v) is 6.73. The first-order chi connectivity index (χ1) is 13.3. The van der Waals surface area contributed by atoms with Crippen molar-refractivity contribution in [1.29, 1.82) is 0 Å². The molecule has 0 spiro atoms. The number of anilines is 2. The van der Waals surface area contributed by atoms with E-state index in [1.807, 2.05) is 6.20 Å². The van der Waals surface area contributed by atoms with E-state index in [0.29, 0.717) is 11.7 Å². The van der Waals surface area contributed by atoms with Crippen molar-refractivity contribution in [3.8, 4) is 0 Å². The summed E-state index contributed by atoms with van der Waals surface area (Å²) in [5.74, 6) is 1.58. The maximum atomic E-state index is 13.0. The highest BCUT2D eigenvalue weighted by Crippen LogP contribution is 2.29. The monoisotopic (exact) mass is 364 g/mol. The molecule has 1 aliphatic rings. The van der Waals surface area contributed by atoms with Crippen LogP contribution in [0.25, 0.3) is 0 Å². The van der Waals surface area contributed by atoms with Gasteiger partial charge in [0, 0.05) is 31.7 Å². The summed E-state index contributed by atoms with van der Waals surface area (Å²) in [4.78, 5) is 19.2. The topological polar surface area (TPSA) is 66.8 Å². The van der Waals surface area contributed by atoms with Crippen LogP contribution in [0.1, 0.15) is 30.0 Å². The lowest BCUT2D eigenvalue weighted by Crippen LogP contribution is -2.34. The summed E-state index contributed by atoms with van der Waals surface area (Å²) in [6.07, 6.45) is 10.3. The van der Waals surface area contributed by atoms with Gasteiger partial charge in [0.2, 0.25) is 0 Å². The molecule has 0 saturated carbocycles. The van der Waals surface area contributed by atoms with Crippen LogP contribution in [0.15, 0.2) is 55.2 Å². The molecule has 4 rings (SSSR count). The van der Waals surface area contributed by atoms with E-state index in [-0.39, 0.29) is 5.82 Å². The first-order valence-corrected chi connectivity index (χ1v) is 9.08. The summed E-state index contributed by atoms with van der Waals surface area (Å²) >= 11 is 0. The van der Waals surface area contributed by atoms with E-state index in [0.717, 1.165) is 44.0 Å². The number of halogens is 1. The molecule has 0 amide bonds. The zero-order valence-electron chi connectivity index (χ0n) is 14.9. The highest BCUT2D eigenvalue weighted by Gasteiger charge is 2.22. The molecule has 4 heterocycles. The summed E-state index contributed by atoms with van der Waals surface area (Å²) in [6, 6.07) is 7.39. The Morgan fingerprint density at radius 3 is 2.78 bits per heavy atom. The lowest BCUT2D eigenvalue weighted by atomic mass is 9.91. The molecular formula is C20H21FN6. The zero-order valence-corrected chi connectivity index (χ0v) is 14.9. The van der Waals surface area contributed by atoms with Gasteiger partial charge in [-0.05, 0) is 55.1 Å². The van der Waals surface area contributed by atoms with E-state index in [2.05, 4.69) is 42.3 Å². The fourth-order valence-corrected chi connectivity index (χ4v) is 3.46. The summed E-state index contributed by atoms with van der Waals surface area (Å²) in [5, 5.41) is 3.20. The molecule has 1 aliphatic heterocycles. The van der Waals surface area contributed by atoms with Crippen molar-refractivity contribution in [2.45, 2.75) is 25.3 Å². The van der Waals surface area contributed by atoms with E-state index in [9.17, 15) is 4.39 Å². The molecule has 1 fully saturated rings. The highest BCUT2D eigenvalue weighted by molar-refractivity contribution is 5.51. The number of aromatic nitrogens is 4. The molecule has 27 heavy (non-hydrogen) atoms. The van der Waals surface area contributed by atoms with Crippen molar-refractivity contribution < 1.29 is 4.39 Å². The first kappa shape index (κ1) is 17.5. The van der Waals surface area contributed by atoms with Crippen molar-refractivity contribution in [2.75, 3.05) is 18.4 Å². The number of hydrogen-bond donors (Lipinski definition) is 1. The lowest BCUT2D eigenvalue weighted by Gasteiger charge is -2.32. The van der Waals surface area contributed by atoms with E-state index >= 15 is 0 Å². The molecule has 1 unspecified atom stereocenters. The van der Waals surface area contributed by atoms with Crippen molar-refractivity contribution >= 4 is 11.6 Å². The van der Waals surface area contributed by atoms with Gasteiger partial charge in [0.15, 0.2) is 0 Å². The summed E-state index contributed by atoms with van der Waals surface area (Å²) in [5.41, 5.74) is 2.16. The minimum atomic E-state index is -0.296. The maximum Gasteiger partial charge on any atom is 0.150 e. The Kier molecular flexibility index (Phi) is 5.29. The second-order valence-electron chi connectivity index (χ2n) is 6.73. The van der Waals surface area contributed by atoms with Crippen molar-refractivity contribution in [2.24, 2.45) is 0 Å². The van der Waals surface area contributed by atoms with Gasteiger partial charge in [0.05, 0.1) is 18.1 Å². The smallest absolute Gasteiger partial charge is 0.150 e. The molecule has 138 valence electrons. The molecule has 1 atom stereocenters. The number of hydrogen-bond acceptors (Lipinski definition) is 6. The Hall–Kier alpha value is -2.93. The molecule has 0 aromatic carbocycles. The molecule has 1 N–H and O–H groups in total. The summed E-state index contributed by atoms with van der Waals surface area (Å²) < 4.78 is 13.0. The summed E-state index contributed by atoms with van der Waals surface area (Å²) in [7, 11) is 0. The van der Waals surface area contributed by atoms with Crippen LogP contribution in [0.3, 0.4) is 0 Å². The van der Waals surface area contributed by atoms with Gasteiger partial charge in [0.25, 0.3) is 0 Å². The van der Waals surface area contributed by atoms with Crippen LogP contribution in [-0.4, -0.2) is 37.9 Å². The van der Waals surface area contributed by atoms with Gasteiger partial charge >= 0.3 is 0 Å². The third-order valence-corrected chi connectivity index (χ3v) is 4.75. The molecule has 6 nitrogen and oxygen atoms in total. The first-order valence-electron chi connectivity index (χ1n) is 9.08. The number of nitrogens with one attached hydrogen (secondary N) is 1. The highest BCUT2D eigenvalue weighted by atomic mass is 19.1. The predicted octanol–water partition coefficient (Wildman–Crippen LogP) is 3.53. The van der Waals surface area contributed by atoms with E-state index in [1.54, 1.807) is 24.7 Å². The van der Waals surface area contributed by atoms with Crippen molar-refractivity contribution in [1.82, 2.24) is 24.8 Å². The number of piperidine rings is 1. The number of nitrogens with zero attached hydrogens (tertiary/aromatic N) is 5. The Morgan fingerprint density at radius 1 is 1.04 bits per heavy atom. The fourth-order valence-electron chi connectivity index (χ4n) is 3.46. The van der Waals surface area contributed by atoms with E-state index in [1.165, 1.54) is 17.8 Å². The molecule has 7 heteroatoms. The SMILES string of the molecule is Fc1ccc(CN2CCCC(c3ccnc(Nc4cnccn4)c3)C2)nc1. The number of pyridine rings is 2. The molecule has 0 radical (unpaired) electrons. The summed E-state index contributed by atoms with van der Waals surface area (Å²) in [6.45, 7) is 2.73. The molecule has 3 aromatic heterocycles. The van der Waals surface area contributed by atoms with Crippen LogP contribution < -0.4 is 5.32 Å². The normalized spacial score (nSPS) is 17.6. The van der Waals surface area contributed by atoms with Crippen molar-refractivity contribution in [3.05, 3.63) is 72.3 Å². The molecule has 0 bridgehead atoms.